The standard InChI is InChI=1S/C25H25N5O2S/c1-4-16(2)18-10-12-19(13-11-18)30-23(32)20-8-5-6-9-21(20)28-25(30)33-17(3)22(31)29-24-26-14-7-15-27-24/h5-17H,4H2,1-3H3,(H,26,27,29,31). The second kappa shape index (κ2) is 9.95. The summed E-state index contributed by atoms with van der Waals surface area (Å²) in [6.07, 6.45) is 4.16. The highest BCUT2D eigenvalue weighted by Gasteiger charge is 2.21. The smallest absolute Gasteiger partial charge is 0.266 e. The van der Waals surface area contributed by atoms with Crippen LogP contribution in [0.4, 0.5) is 5.95 Å². The third-order valence-electron chi connectivity index (χ3n) is 5.53. The number of nitrogens with one attached hydrogen (secondary N) is 1. The van der Waals surface area contributed by atoms with Gasteiger partial charge in [-0.3, -0.25) is 19.5 Å². The Balaban J connectivity index is 1.72. The fourth-order valence-electron chi connectivity index (χ4n) is 3.39. The summed E-state index contributed by atoms with van der Waals surface area (Å²) in [5.41, 5.74) is 2.36. The van der Waals surface area contributed by atoms with Crippen molar-refractivity contribution in [1.82, 2.24) is 19.5 Å². The van der Waals surface area contributed by atoms with E-state index >= 15 is 0 Å². The molecule has 168 valence electrons. The summed E-state index contributed by atoms with van der Waals surface area (Å²) in [4.78, 5) is 39.0. The fraction of sp³-hybridized carbons (Fsp3) is 0.240. The largest absolute Gasteiger partial charge is 0.294 e. The summed E-state index contributed by atoms with van der Waals surface area (Å²) in [5, 5.41) is 3.15. The highest BCUT2D eigenvalue weighted by molar-refractivity contribution is 8.00. The molecule has 2 aromatic heterocycles. The summed E-state index contributed by atoms with van der Waals surface area (Å²) < 4.78 is 1.58. The van der Waals surface area contributed by atoms with Crippen molar-refractivity contribution in [3.05, 3.63) is 82.9 Å². The van der Waals surface area contributed by atoms with Crippen molar-refractivity contribution in [3.8, 4) is 5.69 Å². The van der Waals surface area contributed by atoms with Crippen molar-refractivity contribution >= 4 is 34.5 Å². The van der Waals surface area contributed by atoms with E-state index < -0.39 is 5.25 Å². The van der Waals surface area contributed by atoms with Crippen LogP contribution < -0.4 is 10.9 Å². The molecule has 7 nitrogen and oxygen atoms in total. The summed E-state index contributed by atoms with van der Waals surface area (Å²) >= 11 is 1.22. The number of hydrogen-bond donors (Lipinski definition) is 1. The number of aromatic nitrogens is 4. The fourth-order valence-corrected chi connectivity index (χ4v) is 4.32. The molecule has 1 amide bonds. The molecular weight excluding hydrogens is 434 g/mol. The van der Waals surface area contributed by atoms with Gasteiger partial charge in [0.1, 0.15) is 0 Å². The number of rotatable bonds is 7. The molecule has 2 unspecified atom stereocenters. The van der Waals surface area contributed by atoms with E-state index in [2.05, 4.69) is 29.1 Å². The van der Waals surface area contributed by atoms with Crippen LogP contribution in [0.3, 0.4) is 0 Å². The first-order valence-electron chi connectivity index (χ1n) is 10.8. The van der Waals surface area contributed by atoms with Gasteiger partial charge >= 0.3 is 0 Å². The van der Waals surface area contributed by atoms with Gasteiger partial charge in [0.25, 0.3) is 5.56 Å². The van der Waals surface area contributed by atoms with Crippen LogP contribution in [0, 0.1) is 0 Å². The second-order valence-electron chi connectivity index (χ2n) is 7.77. The van der Waals surface area contributed by atoms with Crippen molar-refractivity contribution in [2.24, 2.45) is 0 Å². The van der Waals surface area contributed by atoms with Gasteiger partial charge in [-0.25, -0.2) is 15.0 Å². The van der Waals surface area contributed by atoms with Crippen LogP contribution in [0.5, 0.6) is 0 Å². The van der Waals surface area contributed by atoms with Crippen molar-refractivity contribution in [2.75, 3.05) is 5.32 Å². The highest BCUT2D eigenvalue weighted by atomic mass is 32.2. The normalized spacial score (nSPS) is 12.9. The maximum atomic E-state index is 13.5. The van der Waals surface area contributed by atoms with Crippen LogP contribution in [-0.4, -0.2) is 30.7 Å². The average Bonchev–Trinajstić information content (AvgIpc) is 2.84. The zero-order valence-corrected chi connectivity index (χ0v) is 19.5. The maximum absolute atomic E-state index is 13.5. The van der Waals surface area contributed by atoms with Gasteiger partial charge in [0, 0.05) is 12.4 Å². The molecule has 2 aromatic carbocycles. The summed E-state index contributed by atoms with van der Waals surface area (Å²) in [5.74, 6) is 0.398. The summed E-state index contributed by atoms with van der Waals surface area (Å²) in [6.45, 7) is 6.09. The van der Waals surface area contributed by atoms with Gasteiger partial charge < -0.3 is 0 Å². The number of benzene rings is 2. The van der Waals surface area contributed by atoms with E-state index in [0.29, 0.717) is 27.7 Å². The first kappa shape index (κ1) is 22.7. The van der Waals surface area contributed by atoms with Crippen molar-refractivity contribution in [3.63, 3.8) is 0 Å². The quantitative estimate of drug-likeness (QED) is 0.315. The molecule has 0 saturated carbocycles. The van der Waals surface area contributed by atoms with E-state index in [4.69, 9.17) is 4.98 Å². The SMILES string of the molecule is CCC(C)c1ccc(-n2c(SC(C)C(=O)Nc3ncccn3)nc3ccccc3c2=O)cc1. The Labute approximate surface area is 196 Å². The van der Waals surface area contributed by atoms with Crippen LogP contribution in [0.15, 0.2) is 76.9 Å². The van der Waals surface area contributed by atoms with Gasteiger partial charge in [-0.1, -0.05) is 49.9 Å². The molecule has 0 saturated heterocycles. The molecule has 0 bridgehead atoms. The maximum Gasteiger partial charge on any atom is 0.266 e. The zero-order chi connectivity index (χ0) is 23.4. The lowest BCUT2D eigenvalue weighted by Crippen LogP contribution is -2.26. The van der Waals surface area contributed by atoms with Gasteiger partial charge in [0.05, 0.1) is 21.8 Å². The third kappa shape index (κ3) is 4.96. The summed E-state index contributed by atoms with van der Waals surface area (Å²) in [7, 11) is 0. The number of fused-ring (bicyclic) bond motifs is 1. The number of amides is 1. The molecule has 2 atom stereocenters. The van der Waals surface area contributed by atoms with Gasteiger partial charge in [-0.05, 0) is 55.2 Å². The number of nitrogens with zero attached hydrogens (tertiary/aromatic N) is 4. The van der Waals surface area contributed by atoms with E-state index in [1.165, 1.54) is 17.3 Å². The molecule has 1 N–H and O–H groups in total. The van der Waals surface area contributed by atoms with Crippen LogP contribution in [0.25, 0.3) is 16.6 Å². The van der Waals surface area contributed by atoms with E-state index in [0.717, 1.165) is 6.42 Å². The first-order valence-corrected chi connectivity index (χ1v) is 11.7. The van der Waals surface area contributed by atoms with Crippen LogP contribution in [0.2, 0.25) is 0 Å². The number of carbonyl (C=O) groups is 1. The number of carbonyl (C=O) groups excluding carboxylic acids is 1. The highest BCUT2D eigenvalue weighted by Crippen LogP contribution is 2.27. The Bertz CT molecular complexity index is 1320. The molecule has 8 heteroatoms. The molecular formula is C25H25N5O2S. The van der Waals surface area contributed by atoms with Crippen molar-refractivity contribution in [2.45, 2.75) is 43.5 Å². The number of anilines is 1. The lowest BCUT2D eigenvalue weighted by atomic mass is 9.98. The van der Waals surface area contributed by atoms with Crippen LogP contribution in [-0.2, 0) is 4.79 Å². The van der Waals surface area contributed by atoms with Crippen LogP contribution >= 0.6 is 11.8 Å². The molecule has 0 aliphatic carbocycles. The van der Waals surface area contributed by atoms with Crippen molar-refractivity contribution in [1.29, 1.82) is 0 Å². The minimum absolute atomic E-state index is 0.168. The molecule has 2 heterocycles. The topological polar surface area (TPSA) is 89.8 Å². The van der Waals surface area contributed by atoms with Gasteiger partial charge in [-0.15, -0.1) is 0 Å². The summed E-state index contributed by atoms with van der Waals surface area (Å²) in [6, 6.07) is 16.9. The van der Waals surface area contributed by atoms with Crippen LogP contribution in [0.1, 0.15) is 38.7 Å². The molecule has 4 rings (SSSR count). The minimum atomic E-state index is -0.535. The Kier molecular flexibility index (Phi) is 6.84. The van der Waals surface area contributed by atoms with Gasteiger partial charge in [0.2, 0.25) is 11.9 Å². The molecule has 0 radical (unpaired) electrons. The van der Waals surface area contributed by atoms with Gasteiger partial charge in [0.15, 0.2) is 5.16 Å². The third-order valence-corrected chi connectivity index (χ3v) is 6.58. The number of hydrogen-bond acceptors (Lipinski definition) is 6. The monoisotopic (exact) mass is 459 g/mol. The Morgan fingerprint density at radius 1 is 1.03 bits per heavy atom. The van der Waals surface area contributed by atoms with E-state index in [-0.39, 0.29) is 17.4 Å². The number of para-hydroxylation sites is 1. The van der Waals surface area contributed by atoms with Crippen molar-refractivity contribution < 1.29 is 4.79 Å². The predicted molar refractivity (Wildman–Crippen MR) is 132 cm³/mol. The predicted octanol–water partition coefficient (Wildman–Crippen LogP) is 4.81. The first-order chi connectivity index (χ1) is 16.0. The second-order valence-corrected chi connectivity index (χ2v) is 9.08. The Hall–Kier alpha value is -3.52. The zero-order valence-electron chi connectivity index (χ0n) is 18.7. The Morgan fingerprint density at radius 3 is 2.42 bits per heavy atom. The van der Waals surface area contributed by atoms with E-state index in [1.807, 2.05) is 36.4 Å². The Morgan fingerprint density at radius 2 is 1.73 bits per heavy atom. The molecule has 0 spiro atoms. The molecule has 0 aliphatic heterocycles. The lowest BCUT2D eigenvalue weighted by Gasteiger charge is -2.17. The molecule has 33 heavy (non-hydrogen) atoms. The molecule has 0 aliphatic rings. The minimum Gasteiger partial charge on any atom is -0.294 e. The number of thioether (sulfide) groups is 1. The average molecular weight is 460 g/mol. The molecule has 0 fully saturated rings. The lowest BCUT2D eigenvalue weighted by molar-refractivity contribution is -0.115. The molecule has 4 aromatic rings. The van der Waals surface area contributed by atoms with E-state index in [1.54, 1.807) is 42.1 Å². The van der Waals surface area contributed by atoms with E-state index in [9.17, 15) is 9.59 Å². The van der Waals surface area contributed by atoms with Gasteiger partial charge in [-0.2, -0.15) is 0 Å².